The van der Waals surface area contributed by atoms with E-state index in [0.29, 0.717) is 5.01 Å². The highest BCUT2D eigenvalue weighted by molar-refractivity contribution is 5.72. The monoisotopic (exact) mass is 257 g/mol. The summed E-state index contributed by atoms with van der Waals surface area (Å²) < 4.78 is 61.8. The van der Waals surface area contributed by atoms with Crippen LogP contribution in [0.5, 0.6) is 0 Å². The highest BCUT2D eigenvalue weighted by Gasteiger charge is 2.60. The molecular formula is C8H8F5N3O. The SMILES string of the molecule is CC(=O)N(C)N/C(=C/C#N)C(F)(F)C(F)(F)F. The van der Waals surface area contributed by atoms with E-state index < -0.39 is 23.7 Å². The van der Waals surface area contributed by atoms with Crippen molar-refractivity contribution in [2.75, 3.05) is 7.05 Å². The molecule has 0 aromatic carbocycles. The summed E-state index contributed by atoms with van der Waals surface area (Å²) in [6.45, 7) is 0.947. The molecule has 0 aliphatic heterocycles. The molecule has 0 rings (SSSR count). The van der Waals surface area contributed by atoms with Gasteiger partial charge in [-0.2, -0.15) is 27.2 Å². The van der Waals surface area contributed by atoms with Crippen LogP contribution in [0.15, 0.2) is 11.8 Å². The second-order valence-electron chi connectivity index (χ2n) is 2.95. The minimum Gasteiger partial charge on any atom is -0.293 e. The van der Waals surface area contributed by atoms with E-state index in [4.69, 9.17) is 5.26 Å². The van der Waals surface area contributed by atoms with Crippen LogP contribution < -0.4 is 5.43 Å². The quantitative estimate of drug-likeness (QED) is 0.474. The van der Waals surface area contributed by atoms with Crippen molar-refractivity contribution >= 4 is 5.91 Å². The van der Waals surface area contributed by atoms with Crippen molar-refractivity contribution in [2.45, 2.75) is 19.0 Å². The molecule has 1 N–H and O–H groups in total. The number of nitrogens with zero attached hydrogens (tertiary/aromatic N) is 2. The number of carbonyl (C=O) groups excluding carboxylic acids is 1. The number of hydrogen-bond donors (Lipinski definition) is 1. The van der Waals surface area contributed by atoms with E-state index in [1.807, 2.05) is 0 Å². The lowest BCUT2D eigenvalue weighted by molar-refractivity contribution is -0.267. The maximum Gasteiger partial charge on any atom is 0.459 e. The zero-order valence-corrected chi connectivity index (χ0v) is 8.77. The number of amides is 1. The molecule has 0 aliphatic carbocycles. The molecule has 0 heterocycles. The van der Waals surface area contributed by atoms with Crippen LogP contribution in [0.3, 0.4) is 0 Å². The Bertz CT molecular complexity index is 368. The van der Waals surface area contributed by atoms with Gasteiger partial charge in [0, 0.05) is 20.0 Å². The third-order valence-electron chi connectivity index (χ3n) is 1.66. The van der Waals surface area contributed by atoms with Gasteiger partial charge in [-0.15, -0.1) is 0 Å². The van der Waals surface area contributed by atoms with Crippen LogP contribution in [0.1, 0.15) is 6.92 Å². The third-order valence-corrected chi connectivity index (χ3v) is 1.66. The van der Waals surface area contributed by atoms with Crippen LogP contribution in [0.25, 0.3) is 0 Å². The first kappa shape index (κ1) is 15.2. The average Bonchev–Trinajstić information content (AvgIpc) is 2.14. The number of rotatable bonds is 3. The minimum atomic E-state index is -5.86. The highest BCUT2D eigenvalue weighted by atomic mass is 19.4. The lowest BCUT2D eigenvalue weighted by Crippen LogP contribution is -2.48. The Morgan fingerprint density at radius 1 is 1.35 bits per heavy atom. The van der Waals surface area contributed by atoms with Crippen molar-refractivity contribution in [1.29, 1.82) is 5.26 Å². The van der Waals surface area contributed by atoms with E-state index in [-0.39, 0.29) is 6.08 Å². The van der Waals surface area contributed by atoms with Crippen LogP contribution in [0, 0.1) is 11.3 Å². The zero-order valence-electron chi connectivity index (χ0n) is 8.77. The molecule has 17 heavy (non-hydrogen) atoms. The molecule has 0 unspecified atom stereocenters. The highest BCUT2D eigenvalue weighted by Crippen LogP contribution is 2.39. The van der Waals surface area contributed by atoms with Crippen LogP contribution >= 0.6 is 0 Å². The first-order chi connectivity index (χ1) is 7.54. The molecule has 0 saturated carbocycles. The molecule has 0 aromatic heterocycles. The van der Waals surface area contributed by atoms with Gasteiger partial charge < -0.3 is 0 Å². The van der Waals surface area contributed by atoms with Gasteiger partial charge in [-0.25, -0.2) is 0 Å². The van der Waals surface area contributed by atoms with Gasteiger partial charge in [0.2, 0.25) is 5.91 Å². The van der Waals surface area contributed by atoms with Crippen molar-refractivity contribution in [3.63, 3.8) is 0 Å². The van der Waals surface area contributed by atoms with Crippen LogP contribution in [-0.2, 0) is 4.79 Å². The van der Waals surface area contributed by atoms with Crippen molar-refractivity contribution in [2.24, 2.45) is 0 Å². The number of nitrogens with one attached hydrogen (secondary N) is 1. The molecular weight excluding hydrogens is 249 g/mol. The number of carbonyl (C=O) groups is 1. The third kappa shape index (κ3) is 3.58. The summed E-state index contributed by atoms with van der Waals surface area (Å²) in [5.74, 6) is -6.04. The first-order valence-corrected chi connectivity index (χ1v) is 4.09. The van der Waals surface area contributed by atoms with Gasteiger partial charge in [-0.1, -0.05) is 0 Å². The molecule has 9 heteroatoms. The fraction of sp³-hybridized carbons (Fsp3) is 0.500. The maximum absolute atomic E-state index is 12.9. The Balaban J connectivity index is 5.23. The standard InChI is InChI=1S/C8H8F5N3O/c1-5(17)16(2)15-6(3-4-14)7(9,10)8(11,12)13/h3,15H,1-2H3/b6-3+. The maximum atomic E-state index is 12.9. The van der Waals surface area contributed by atoms with Crippen molar-refractivity contribution in [3.05, 3.63) is 11.8 Å². The first-order valence-electron chi connectivity index (χ1n) is 4.09. The van der Waals surface area contributed by atoms with Crippen LogP contribution in [0.4, 0.5) is 22.0 Å². The second-order valence-corrected chi connectivity index (χ2v) is 2.95. The fourth-order valence-corrected chi connectivity index (χ4v) is 0.670. The minimum absolute atomic E-state index is 0.00701. The predicted octanol–water partition coefficient (Wildman–Crippen LogP) is 1.57. The lowest BCUT2D eigenvalue weighted by atomic mass is 10.2. The van der Waals surface area contributed by atoms with Gasteiger partial charge in [-0.05, 0) is 0 Å². The van der Waals surface area contributed by atoms with E-state index in [0.717, 1.165) is 20.0 Å². The Morgan fingerprint density at radius 3 is 2.12 bits per heavy atom. The van der Waals surface area contributed by atoms with Crippen molar-refractivity contribution < 1.29 is 26.7 Å². The fourth-order valence-electron chi connectivity index (χ4n) is 0.670. The number of alkyl halides is 5. The lowest BCUT2D eigenvalue weighted by Gasteiger charge is -2.26. The molecule has 96 valence electrons. The smallest absolute Gasteiger partial charge is 0.293 e. The van der Waals surface area contributed by atoms with Gasteiger partial charge in [-0.3, -0.25) is 15.2 Å². The average molecular weight is 257 g/mol. The molecule has 0 aromatic rings. The molecule has 0 fully saturated rings. The number of hydrogen-bond acceptors (Lipinski definition) is 3. The number of allylic oxidation sites excluding steroid dienone is 2. The van der Waals surface area contributed by atoms with E-state index in [1.165, 1.54) is 5.43 Å². The van der Waals surface area contributed by atoms with E-state index in [2.05, 4.69) is 0 Å². The van der Waals surface area contributed by atoms with Crippen molar-refractivity contribution in [3.8, 4) is 6.07 Å². The Hall–Kier alpha value is -1.85. The summed E-state index contributed by atoms with van der Waals surface area (Å²) in [5.41, 5.74) is -0.201. The summed E-state index contributed by atoms with van der Waals surface area (Å²) in [6.07, 6.45) is -5.87. The Morgan fingerprint density at radius 2 is 1.82 bits per heavy atom. The predicted molar refractivity (Wildman–Crippen MR) is 46.3 cm³/mol. The number of nitriles is 1. The summed E-state index contributed by atoms with van der Waals surface area (Å²) >= 11 is 0. The number of halogens is 5. The second kappa shape index (κ2) is 4.99. The van der Waals surface area contributed by atoms with Crippen molar-refractivity contribution in [1.82, 2.24) is 10.4 Å². The molecule has 1 amide bonds. The topological polar surface area (TPSA) is 56.1 Å². The summed E-state index contributed by atoms with van der Waals surface area (Å²) in [4.78, 5) is 10.7. The van der Waals surface area contributed by atoms with E-state index in [9.17, 15) is 26.7 Å². The van der Waals surface area contributed by atoms with Gasteiger partial charge in [0.25, 0.3) is 0 Å². The molecule has 0 radical (unpaired) electrons. The van der Waals surface area contributed by atoms with Gasteiger partial charge in [0.05, 0.1) is 6.07 Å². The normalized spacial score (nSPS) is 12.9. The summed E-state index contributed by atoms with van der Waals surface area (Å²) in [7, 11) is 0.944. The Labute approximate surface area is 93.3 Å². The molecule has 0 atom stereocenters. The van der Waals surface area contributed by atoms with E-state index >= 15 is 0 Å². The Kier molecular flexibility index (Phi) is 4.44. The van der Waals surface area contributed by atoms with E-state index in [1.54, 1.807) is 0 Å². The van der Waals surface area contributed by atoms with Gasteiger partial charge in [0.15, 0.2) is 0 Å². The summed E-state index contributed by atoms with van der Waals surface area (Å²) in [6, 6.07) is 1.05. The zero-order chi connectivity index (χ0) is 13.9. The molecule has 0 saturated heterocycles. The van der Waals surface area contributed by atoms with Gasteiger partial charge >= 0.3 is 12.1 Å². The summed E-state index contributed by atoms with van der Waals surface area (Å²) in [5, 5.41) is 8.55. The molecule has 0 bridgehead atoms. The van der Waals surface area contributed by atoms with Crippen LogP contribution in [0.2, 0.25) is 0 Å². The molecule has 0 aliphatic rings. The molecule has 0 spiro atoms. The van der Waals surface area contributed by atoms with Gasteiger partial charge in [0.1, 0.15) is 5.70 Å². The molecule has 4 nitrogen and oxygen atoms in total. The number of hydrazine groups is 1. The largest absolute Gasteiger partial charge is 0.459 e. The van der Waals surface area contributed by atoms with Crippen LogP contribution in [-0.4, -0.2) is 30.1 Å².